The first-order valence-electron chi connectivity index (χ1n) is 10.7. The Morgan fingerprint density at radius 2 is 1.91 bits per heavy atom. The highest BCUT2D eigenvalue weighted by Gasteiger charge is 2.30. The summed E-state index contributed by atoms with van der Waals surface area (Å²) in [5.41, 5.74) is 0.410. The molecule has 1 atom stereocenters. The number of carbonyl (C=O) groups is 1. The van der Waals surface area contributed by atoms with E-state index in [1.54, 1.807) is 4.90 Å². The van der Waals surface area contributed by atoms with Gasteiger partial charge in [0.2, 0.25) is 17.6 Å². The molecule has 0 aliphatic rings. The van der Waals surface area contributed by atoms with Crippen molar-refractivity contribution < 1.29 is 27.2 Å². The molecule has 0 saturated carbocycles. The van der Waals surface area contributed by atoms with Crippen LogP contribution in [-0.2, 0) is 28.7 Å². The quantitative estimate of drug-likeness (QED) is 0.418. The summed E-state index contributed by atoms with van der Waals surface area (Å²) in [7, 11) is 0. The molecule has 2 aromatic carbocycles. The maximum absolute atomic E-state index is 13.0. The summed E-state index contributed by atoms with van der Waals surface area (Å²) in [6, 6.07) is 14.3. The fourth-order valence-electron chi connectivity index (χ4n) is 3.25. The predicted octanol–water partition coefficient (Wildman–Crippen LogP) is 5.14. The smallest absolute Gasteiger partial charge is 0.367 e. The average molecular weight is 461 g/mol. The Morgan fingerprint density at radius 3 is 2.61 bits per heavy atom. The van der Waals surface area contributed by atoms with E-state index in [-0.39, 0.29) is 42.3 Å². The van der Waals surface area contributed by atoms with Crippen molar-refractivity contribution in [2.45, 2.75) is 45.5 Å². The molecule has 3 rings (SSSR count). The number of halogens is 3. The second kappa shape index (κ2) is 11.1. The maximum Gasteiger partial charge on any atom is 0.416 e. The number of alkyl halides is 3. The van der Waals surface area contributed by atoms with Crippen molar-refractivity contribution in [3.05, 3.63) is 71.6 Å². The van der Waals surface area contributed by atoms with Crippen LogP contribution in [0.15, 0.2) is 59.1 Å². The van der Waals surface area contributed by atoms with Crippen molar-refractivity contribution in [1.29, 1.82) is 0 Å². The van der Waals surface area contributed by atoms with E-state index in [0.717, 1.165) is 24.1 Å². The van der Waals surface area contributed by atoms with Crippen LogP contribution in [0.3, 0.4) is 0 Å². The largest absolute Gasteiger partial charge is 0.416 e. The van der Waals surface area contributed by atoms with Crippen LogP contribution >= 0.6 is 0 Å². The van der Waals surface area contributed by atoms with Gasteiger partial charge < -0.3 is 14.2 Å². The van der Waals surface area contributed by atoms with Crippen LogP contribution in [-0.4, -0.2) is 40.1 Å². The molecule has 1 aromatic heterocycles. The number of benzene rings is 2. The van der Waals surface area contributed by atoms with Gasteiger partial charge in [0.15, 0.2) is 0 Å². The number of amides is 1. The summed E-state index contributed by atoms with van der Waals surface area (Å²) < 4.78 is 49.7. The van der Waals surface area contributed by atoms with Gasteiger partial charge in [-0.1, -0.05) is 54.5 Å². The van der Waals surface area contributed by atoms with Gasteiger partial charge in [-0.05, 0) is 31.0 Å². The van der Waals surface area contributed by atoms with E-state index in [0.29, 0.717) is 13.2 Å². The zero-order valence-corrected chi connectivity index (χ0v) is 18.5. The van der Waals surface area contributed by atoms with Crippen LogP contribution in [0.5, 0.6) is 0 Å². The van der Waals surface area contributed by atoms with Crippen molar-refractivity contribution in [1.82, 2.24) is 15.0 Å². The summed E-state index contributed by atoms with van der Waals surface area (Å²) in [6.45, 7) is 4.53. The fraction of sp³-hybridized carbons (Fsp3) is 0.375. The molecule has 0 saturated heterocycles. The van der Waals surface area contributed by atoms with Crippen LogP contribution < -0.4 is 0 Å². The van der Waals surface area contributed by atoms with Gasteiger partial charge >= 0.3 is 6.18 Å². The molecule has 0 unspecified atom stereocenters. The van der Waals surface area contributed by atoms with Crippen LogP contribution in [0.1, 0.15) is 37.3 Å². The van der Waals surface area contributed by atoms with Gasteiger partial charge in [0.25, 0.3) is 0 Å². The molecule has 33 heavy (non-hydrogen) atoms. The molecule has 0 bridgehead atoms. The molecular formula is C24H26F3N3O3. The number of ether oxygens (including phenoxy) is 1. The highest BCUT2D eigenvalue weighted by atomic mass is 19.4. The number of hydrogen-bond donors (Lipinski definition) is 0. The summed E-state index contributed by atoms with van der Waals surface area (Å²) in [4.78, 5) is 18.6. The zero-order chi connectivity index (χ0) is 23.8. The van der Waals surface area contributed by atoms with E-state index >= 15 is 0 Å². The molecule has 0 fully saturated rings. The van der Waals surface area contributed by atoms with Crippen molar-refractivity contribution in [3.8, 4) is 11.4 Å². The van der Waals surface area contributed by atoms with Crippen molar-refractivity contribution >= 4 is 5.91 Å². The van der Waals surface area contributed by atoms with Crippen molar-refractivity contribution in [3.63, 3.8) is 0 Å². The predicted molar refractivity (Wildman–Crippen MR) is 116 cm³/mol. The zero-order valence-electron chi connectivity index (χ0n) is 18.5. The van der Waals surface area contributed by atoms with E-state index in [1.165, 1.54) is 12.1 Å². The lowest BCUT2D eigenvalue weighted by atomic mass is 10.1. The van der Waals surface area contributed by atoms with Gasteiger partial charge in [0, 0.05) is 24.6 Å². The van der Waals surface area contributed by atoms with E-state index < -0.39 is 11.7 Å². The lowest BCUT2D eigenvalue weighted by molar-refractivity contribution is -0.139. The molecule has 0 N–H and O–H groups in total. The molecule has 1 amide bonds. The number of hydrogen-bond acceptors (Lipinski definition) is 5. The normalized spacial score (nSPS) is 12.5. The monoisotopic (exact) mass is 461 g/mol. The van der Waals surface area contributed by atoms with Gasteiger partial charge in [0.05, 0.1) is 12.2 Å². The third-order valence-electron chi connectivity index (χ3n) is 5.26. The first-order valence-corrected chi connectivity index (χ1v) is 10.7. The Kier molecular flexibility index (Phi) is 8.21. The third kappa shape index (κ3) is 6.89. The average Bonchev–Trinajstić information content (AvgIpc) is 3.28. The molecule has 0 spiro atoms. The SMILES string of the molecule is CC[C@@H](C)N(CCc1nc(-c2cccc(C(F)(F)F)c2)no1)C(=O)COCc1ccccc1. The summed E-state index contributed by atoms with van der Waals surface area (Å²) >= 11 is 0. The molecule has 0 aliphatic carbocycles. The number of rotatable bonds is 10. The van der Waals surface area contributed by atoms with Gasteiger partial charge in [-0.25, -0.2) is 0 Å². The maximum atomic E-state index is 13.0. The van der Waals surface area contributed by atoms with Crippen LogP contribution in [0.4, 0.5) is 13.2 Å². The Balaban J connectivity index is 1.60. The highest BCUT2D eigenvalue weighted by molar-refractivity contribution is 5.77. The van der Waals surface area contributed by atoms with Gasteiger partial charge in [-0.3, -0.25) is 4.79 Å². The van der Waals surface area contributed by atoms with E-state index in [1.807, 2.05) is 44.2 Å². The lowest BCUT2D eigenvalue weighted by Gasteiger charge is -2.28. The molecule has 3 aromatic rings. The van der Waals surface area contributed by atoms with E-state index in [2.05, 4.69) is 10.1 Å². The standard InChI is InChI=1S/C24H26F3N3O3/c1-3-17(2)30(22(31)16-32-15-18-8-5-4-6-9-18)13-12-21-28-23(29-33-21)19-10-7-11-20(14-19)24(25,26)27/h4-11,14,17H,3,12-13,15-16H2,1-2H3/t17-/m1/s1. The first-order chi connectivity index (χ1) is 15.8. The van der Waals surface area contributed by atoms with Crippen LogP contribution in [0.25, 0.3) is 11.4 Å². The molecule has 0 aliphatic heterocycles. The Hall–Kier alpha value is -3.20. The Bertz CT molecular complexity index is 1040. The highest BCUT2D eigenvalue weighted by Crippen LogP contribution is 2.31. The minimum Gasteiger partial charge on any atom is -0.367 e. The Labute approximate surface area is 190 Å². The number of nitrogens with zero attached hydrogens (tertiary/aromatic N) is 3. The number of aromatic nitrogens is 2. The summed E-state index contributed by atoms with van der Waals surface area (Å²) in [5.74, 6) is 0.162. The summed E-state index contributed by atoms with van der Waals surface area (Å²) in [5, 5.41) is 3.80. The molecule has 9 heteroatoms. The molecule has 1 heterocycles. The molecular weight excluding hydrogens is 435 g/mol. The molecule has 0 radical (unpaired) electrons. The first kappa shape index (κ1) is 24.4. The molecule has 176 valence electrons. The minimum atomic E-state index is -4.46. The van der Waals surface area contributed by atoms with Gasteiger partial charge in [-0.15, -0.1) is 0 Å². The second-order valence-electron chi connectivity index (χ2n) is 7.66. The van der Waals surface area contributed by atoms with E-state index in [4.69, 9.17) is 9.26 Å². The third-order valence-corrected chi connectivity index (χ3v) is 5.26. The van der Waals surface area contributed by atoms with Crippen LogP contribution in [0, 0.1) is 0 Å². The summed E-state index contributed by atoms with van der Waals surface area (Å²) in [6.07, 6.45) is -3.42. The van der Waals surface area contributed by atoms with Gasteiger partial charge in [0.1, 0.15) is 6.61 Å². The Morgan fingerprint density at radius 1 is 1.15 bits per heavy atom. The second-order valence-corrected chi connectivity index (χ2v) is 7.66. The fourth-order valence-corrected chi connectivity index (χ4v) is 3.25. The number of carbonyl (C=O) groups excluding carboxylic acids is 1. The lowest BCUT2D eigenvalue weighted by Crippen LogP contribution is -2.41. The topological polar surface area (TPSA) is 68.5 Å². The van der Waals surface area contributed by atoms with Crippen LogP contribution in [0.2, 0.25) is 0 Å². The minimum absolute atomic E-state index is 0.0244. The van der Waals surface area contributed by atoms with Crippen molar-refractivity contribution in [2.24, 2.45) is 0 Å². The van der Waals surface area contributed by atoms with Crippen molar-refractivity contribution in [2.75, 3.05) is 13.2 Å². The van der Waals surface area contributed by atoms with Gasteiger partial charge in [-0.2, -0.15) is 18.2 Å². The molecule has 6 nitrogen and oxygen atoms in total. The van der Waals surface area contributed by atoms with E-state index in [9.17, 15) is 18.0 Å².